The molecule has 1 heterocycles. The van der Waals surface area contributed by atoms with Crippen molar-refractivity contribution in [1.82, 2.24) is 9.55 Å². The first-order valence-electron chi connectivity index (χ1n) is 10.6. The predicted molar refractivity (Wildman–Crippen MR) is 126 cm³/mol. The van der Waals surface area contributed by atoms with E-state index >= 15 is 0 Å². The van der Waals surface area contributed by atoms with E-state index in [2.05, 4.69) is 30.5 Å². The Hall–Kier alpha value is -2.98. The minimum absolute atomic E-state index is 0.412. The number of hydrogen-bond acceptors (Lipinski definition) is 3. The van der Waals surface area contributed by atoms with Crippen molar-refractivity contribution in [3.8, 4) is 11.5 Å². The first-order chi connectivity index (χ1) is 15.1. The van der Waals surface area contributed by atoms with Crippen LogP contribution in [0.5, 0.6) is 11.5 Å². The Labute approximate surface area is 188 Å². The third-order valence-corrected chi connectivity index (χ3v) is 5.76. The molecule has 4 rings (SSSR count). The molecule has 0 aliphatic heterocycles. The van der Waals surface area contributed by atoms with Gasteiger partial charge in [0.2, 0.25) is 0 Å². The molecule has 0 saturated carbocycles. The maximum Gasteiger partial charge on any atom is 0.147 e. The van der Waals surface area contributed by atoms with Crippen LogP contribution in [0.1, 0.15) is 29.8 Å². The minimum Gasteiger partial charge on any atom is -0.493 e. The highest BCUT2D eigenvalue weighted by Crippen LogP contribution is 2.22. The summed E-state index contributed by atoms with van der Waals surface area (Å²) >= 11 is 5.96. The van der Waals surface area contributed by atoms with Crippen LogP contribution >= 0.6 is 11.6 Å². The average Bonchev–Trinajstić information content (AvgIpc) is 3.13. The molecule has 0 atom stereocenters. The molecule has 0 amide bonds. The molecule has 4 aromatic rings. The quantitative estimate of drug-likeness (QED) is 0.273. The Balaban J connectivity index is 1.38. The Kier molecular flexibility index (Phi) is 6.78. The fraction of sp³-hybridized carbons (Fsp3) is 0.269. The number of fused-ring (bicyclic) bond motifs is 1. The molecule has 0 radical (unpaired) electrons. The van der Waals surface area contributed by atoms with E-state index in [-0.39, 0.29) is 0 Å². The largest absolute Gasteiger partial charge is 0.493 e. The normalized spacial score (nSPS) is 11.1. The fourth-order valence-electron chi connectivity index (χ4n) is 3.60. The topological polar surface area (TPSA) is 36.3 Å². The van der Waals surface area contributed by atoms with Gasteiger partial charge in [-0.2, -0.15) is 0 Å². The van der Waals surface area contributed by atoms with Gasteiger partial charge in [-0.1, -0.05) is 35.9 Å². The first-order valence-corrected chi connectivity index (χ1v) is 11.0. The highest BCUT2D eigenvalue weighted by Gasteiger charge is 2.11. The summed E-state index contributed by atoms with van der Waals surface area (Å²) in [4.78, 5) is 4.79. The van der Waals surface area contributed by atoms with E-state index in [0.717, 1.165) is 47.7 Å². The number of aromatic nitrogens is 2. The lowest BCUT2D eigenvalue weighted by molar-refractivity contribution is 0.284. The maximum atomic E-state index is 6.01. The van der Waals surface area contributed by atoms with Crippen molar-refractivity contribution in [2.75, 3.05) is 6.61 Å². The molecule has 0 aliphatic rings. The van der Waals surface area contributed by atoms with Gasteiger partial charge in [0.25, 0.3) is 0 Å². The van der Waals surface area contributed by atoms with Crippen molar-refractivity contribution >= 4 is 22.6 Å². The SMILES string of the molecule is Cc1cccc(OCCCCn2c(COc3ccc(Cl)cc3)nc3ccccc32)c1C. The van der Waals surface area contributed by atoms with Crippen molar-refractivity contribution < 1.29 is 9.47 Å². The van der Waals surface area contributed by atoms with E-state index < -0.39 is 0 Å². The molecule has 0 fully saturated rings. The second-order valence-electron chi connectivity index (χ2n) is 7.66. The Morgan fingerprint density at radius 1 is 0.871 bits per heavy atom. The van der Waals surface area contributed by atoms with Crippen molar-refractivity contribution in [2.24, 2.45) is 0 Å². The zero-order valence-electron chi connectivity index (χ0n) is 18.0. The van der Waals surface area contributed by atoms with Crippen molar-refractivity contribution in [3.63, 3.8) is 0 Å². The van der Waals surface area contributed by atoms with Gasteiger partial charge in [0.05, 0.1) is 17.6 Å². The summed E-state index contributed by atoms with van der Waals surface area (Å²) in [6, 6.07) is 21.8. The third-order valence-electron chi connectivity index (χ3n) is 5.50. The molecule has 0 N–H and O–H groups in total. The highest BCUT2D eigenvalue weighted by atomic mass is 35.5. The lowest BCUT2D eigenvalue weighted by atomic mass is 10.1. The summed E-state index contributed by atoms with van der Waals surface area (Å²) in [7, 11) is 0. The molecule has 4 nitrogen and oxygen atoms in total. The van der Waals surface area contributed by atoms with Crippen LogP contribution in [0.4, 0.5) is 0 Å². The number of imidazole rings is 1. The Morgan fingerprint density at radius 3 is 2.52 bits per heavy atom. The molecule has 0 bridgehead atoms. The van der Waals surface area contributed by atoms with Crippen LogP contribution in [-0.2, 0) is 13.2 Å². The van der Waals surface area contributed by atoms with Gasteiger partial charge in [-0.15, -0.1) is 0 Å². The lowest BCUT2D eigenvalue weighted by Crippen LogP contribution is -2.09. The zero-order valence-corrected chi connectivity index (χ0v) is 18.7. The maximum absolute atomic E-state index is 6.01. The number of benzene rings is 3. The fourth-order valence-corrected chi connectivity index (χ4v) is 3.72. The number of rotatable bonds is 9. The molecule has 160 valence electrons. The lowest BCUT2D eigenvalue weighted by Gasteiger charge is -2.12. The number of halogens is 1. The standard InChI is InChI=1S/C26H27ClN2O2/c1-19-8-7-11-25(20(19)2)30-17-6-5-16-29-24-10-4-3-9-23(24)28-26(29)18-31-22-14-12-21(27)13-15-22/h3-4,7-15H,5-6,16-18H2,1-2H3. The van der Waals surface area contributed by atoms with Crippen LogP contribution in [0.2, 0.25) is 5.02 Å². The predicted octanol–water partition coefficient (Wildman–Crippen LogP) is 6.74. The first kappa shape index (κ1) is 21.3. The number of nitrogens with zero attached hydrogens (tertiary/aromatic N) is 2. The van der Waals surface area contributed by atoms with Gasteiger partial charge < -0.3 is 14.0 Å². The van der Waals surface area contributed by atoms with E-state index in [1.807, 2.05) is 54.6 Å². The molecule has 3 aromatic carbocycles. The van der Waals surface area contributed by atoms with Gasteiger partial charge in [0.1, 0.15) is 23.9 Å². The Bertz CT molecular complexity index is 1150. The van der Waals surface area contributed by atoms with E-state index in [0.29, 0.717) is 18.2 Å². The molecule has 0 aliphatic carbocycles. The highest BCUT2D eigenvalue weighted by molar-refractivity contribution is 6.30. The van der Waals surface area contributed by atoms with Gasteiger partial charge in [-0.3, -0.25) is 0 Å². The smallest absolute Gasteiger partial charge is 0.147 e. The van der Waals surface area contributed by atoms with Crippen LogP contribution in [-0.4, -0.2) is 16.2 Å². The summed E-state index contributed by atoms with van der Waals surface area (Å²) in [6.07, 6.45) is 1.97. The van der Waals surface area contributed by atoms with E-state index in [4.69, 9.17) is 26.1 Å². The number of aryl methyl sites for hydroxylation is 2. The van der Waals surface area contributed by atoms with Crippen LogP contribution in [0.25, 0.3) is 11.0 Å². The van der Waals surface area contributed by atoms with Crippen molar-refractivity contribution in [3.05, 3.63) is 88.7 Å². The van der Waals surface area contributed by atoms with Crippen LogP contribution in [0, 0.1) is 13.8 Å². The number of para-hydroxylation sites is 2. The molecule has 1 aromatic heterocycles. The molecule has 0 spiro atoms. The average molecular weight is 435 g/mol. The van der Waals surface area contributed by atoms with Gasteiger partial charge in [-0.05, 0) is 80.3 Å². The number of unbranched alkanes of at least 4 members (excludes halogenated alkanes) is 1. The molecular weight excluding hydrogens is 408 g/mol. The molecule has 31 heavy (non-hydrogen) atoms. The van der Waals surface area contributed by atoms with E-state index in [9.17, 15) is 0 Å². The Morgan fingerprint density at radius 2 is 1.68 bits per heavy atom. The monoisotopic (exact) mass is 434 g/mol. The van der Waals surface area contributed by atoms with Gasteiger partial charge >= 0.3 is 0 Å². The molecule has 0 unspecified atom stereocenters. The molecular formula is C26H27ClN2O2. The second-order valence-corrected chi connectivity index (χ2v) is 8.10. The van der Waals surface area contributed by atoms with Crippen molar-refractivity contribution in [1.29, 1.82) is 0 Å². The minimum atomic E-state index is 0.412. The number of ether oxygens (including phenoxy) is 2. The molecule has 0 saturated heterocycles. The summed E-state index contributed by atoms with van der Waals surface area (Å²) in [5.74, 6) is 2.68. The second kappa shape index (κ2) is 9.88. The van der Waals surface area contributed by atoms with Gasteiger partial charge in [0.15, 0.2) is 0 Å². The summed E-state index contributed by atoms with van der Waals surface area (Å²) in [5, 5.41) is 0.697. The summed E-state index contributed by atoms with van der Waals surface area (Å²) in [6.45, 7) is 6.20. The zero-order chi connectivity index (χ0) is 21.6. The summed E-state index contributed by atoms with van der Waals surface area (Å²) < 4.78 is 14.2. The van der Waals surface area contributed by atoms with E-state index in [1.165, 1.54) is 11.1 Å². The van der Waals surface area contributed by atoms with Gasteiger partial charge in [0, 0.05) is 11.6 Å². The summed E-state index contributed by atoms with van der Waals surface area (Å²) in [5.41, 5.74) is 4.59. The third kappa shape index (κ3) is 5.20. The number of hydrogen-bond donors (Lipinski definition) is 0. The van der Waals surface area contributed by atoms with Gasteiger partial charge in [-0.25, -0.2) is 4.98 Å². The van der Waals surface area contributed by atoms with Crippen LogP contribution < -0.4 is 9.47 Å². The van der Waals surface area contributed by atoms with E-state index in [1.54, 1.807) is 0 Å². The van der Waals surface area contributed by atoms with Crippen LogP contribution in [0.15, 0.2) is 66.7 Å². The van der Waals surface area contributed by atoms with Crippen molar-refractivity contribution in [2.45, 2.75) is 39.8 Å². The molecule has 5 heteroatoms. The van der Waals surface area contributed by atoms with Crippen LogP contribution in [0.3, 0.4) is 0 Å².